The van der Waals surface area contributed by atoms with E-state index >= 15 is 0 Å². The summed E-state index contributed by atoms with van der Waals surface area (Å²) in [4.78, 5) is 25.1. The Balaban J connectivity index is 1.86. The number of anilines is 1. The largest absolute Gasteiger partial charge is 0.462 e. The average Bonchev–Trinajstić information content (AvgIpc) is 3.05. The zero-order valence-corrected chi connectivity index (χ0v) is 19.8. The van der Waals surface area contributed by atoms with Crippen LogP contribution in [-0.4, -0.2) is 44.3 Å². The molecule has 1 N–H and O–H groups in total. The van der Waals surface area contributed by atoms with E-state index in [0.717, 1.165) is 25.7 Å². The number of ether oxygens (including phenoxy) is 1. The third-order valence-corrected chi connectivity index (χ3v) is 7.60. The molecule has 0 atom stereocenters. The first-order valence-corrected chi connectivity index (χ1v) is 12.4. The standard InChI is InChI=1S/C23H27ClN2O5S/c1-3-31-23(28)20-14-17(9-11-21(20)24)25-22(27)19-15-18(10-8-16(19)2)32(29,30)26-12-6-4-5-7-13-26/h8-11,14-15H,3-7,12-13H2,1-2H3,(H,25,27). The van der Waals surface area contributed by atoms with Crippen molar-refractivity contribution in [3.63, 3.8) is 0 Å². The van der Waals surface area contributed by atoms with Gasteiger partial charge in [-0.25, -0.2) is 13.2 Å². The number of benzene rings is 2. The highest BCUT2D eigenvalue weighted by Gasteiger charge is 2.26. The van der Waals surface area contributed by atoms with Crippen molar-refractivity contribution in [2.45, 2.75) is 44.4 Å². The molecule has 0 radical (unpaired) electrons. The summed E-state index contributed by atoms with van der Waals surface area (Å²) in [6.45, 7) is 4.59. The van der Waals surface area contributed by atoms with Gasteiger partial charge in [-0.1, -0.05) is 30.5 Å². The molecule has 0 bridgehead atoms. The maximum Gasteiger partial charge on any atom is 0.339 e. The Hall–Kier alpha value is -2.42. The van der Waals surface area contributed by atoms with Gasteiger partial charge in [0.1, 0.15) is 0 Å². The van der Waals surface area contributed by atoms with Gasteiger partial charge in [-0.3, -0.25) is 4.79 Å². The molecule has 2 aromatic rings. The van der Waals surface area contributed by atoms with Gasteiger partial charge >= 0.3 is 5.97 Å². The molecule has 1 fully saturated rings. The van der Waals surface area contributed by atoms with Crippen LogP contribution in [0.25, 0.3) is 0 Å². The SMILES string of the molecule is CCOC(=O)c1cc(NC(=O)c2cc(S(=O)(=O)N3CCCCCC3)ccc2C)ccc1Cl. The minimum absolute atomic E-state index is 0.0958. The lowest BCUT2D eigenvalue weighted by Gasteiger charge is -2.20. The molecule has 0 spiro atoms. The predicted octanol–water partition coefficient (Wildman–Crippen LogP) is 4.64. The van der Waals surface area contributed by atoms with Crippen LogP contribution < -0.4 is 5.32 Å². The molecule has 32 heavy (non-hydrogen) atoms. The fraction of sp³-hybridized carbons (Fsp3) is 0.391. The van der Waals surface area contributed by atoms with Crippen LogP contribution in [0.3, 0.4) is 0 Å². The third-order valence-electron chi connectivity index (χ3n) is 5.38. The molecule has 172 valence electrons. The number of nitrogens with one attached hydrogen (secondary N) is 1. The maximum absolute atomic E-state index is 13.1. The second-order valence-electron chi connectivity index (χ2n) is 7.66. The zero-order valence-electron chi connectivity index (χ0n) is 18.2. The van der Waals surface area contributed by atoms with Gasteiger partial charge in [0.2, 0.25) is 10.0 Å². The van der Waals surface area contributed by atoms with E-state index in [-0.39, 0.29) is 27.7 Å². The number of amides is 1. The van der Waals surface area contributed by atoms with Crippen LogP contribution in [0.5, 0.6) is 0 Å². The highest BCUT2D eigenvalue weighted by atomic mass is 35.5. The number of carbonyl (C=O) groups excluding carboxylic acids is 2. The van der Waals surface area contributed by atoms with Crippen molar-refractivity contribution in [1.82, 2.24) is 4.31 Å². The number of halogens is 1. The quantitative estimate of drug-likeness (QED) is 0.610. The van der Waals surface area contributed by atoms with Crippen LogP contribution in [0.4, 0.5) is 5.69 Å². The minimum Gasteiger partial charge on any atom is -0.462 e. The first kappa shape index (κ1) is 24.2. The van der Waals surface area contributed by atoms with Gasteiger partial charge in [0.15, 0.2) is 0 Å². The van der Waals surface area contributed by atoms with Crippen molar-refractivity contribution in [1.29, 1.82) is 0 Å². The molecule has 0 aromatic heterocycles. The Morgan fingerprint density at radius 3 is 2.38 bits per heavy atom. The van der Waals surface area contributed by atoms with Crippen molar-refractivity contribution < 1.29 is 22.7 Å². The summed E-state index contributed by atoms with van der Waals surface area (Å²) < 4.78 is 32.7. The lowest BCUT2D eigenvalue weighted by molar-refractivity contribution is 0.0526. The second-order valence-corrected chi connectivity index (χ2v) is 10.0. The van der Waals surface area contributed by atoms with Crippen LogP contribution >= 0.6 is 11.6 Å². The van der Waals surface area contributed by atoms with E-state index in [1.807, 2.05) is 0 Å². The number of rotatable bonds is 6. The topological polar surface area (TPSA) is 92.8 Å². The third kappa shape index (κ3) is 5.49. The first-order chi connectivity index (χ1) is 15.2. The first-order valence-electron chi connectivity index (χ1n) is 10.6. The normalized spacial score (nSPS) is 15.1. The van der Waals surface area contributed by atoms with Crippen LogP contribution in [-0.2, 0) is 14.8 Å². The second kappa shape index (κ2) is 10.5. The summed E-state index contributed by atoms with van der Waals surface area (Å²) in [6, 6.07) is 9.07. The lowest BCUT2D eigenvalue weighted by Crippen LogP contribution is -2.32. The summed E-state index contributed by atoms with van der Waals surface area (Å²) in [7, 11) is -3.69. The van der Waals surface area contributed by atoms with Crippen LogP contribution in [0.15, 0.2) is 41.3 Å². The van der Waals surface area contributed by atoms with E-state index in [1.54, 1.807) is 26.0 Å². The summed E-state index contributed by atoms with van der Waals surface area (Å²) >= 11 is 6.08. The van der Waals surface area contributed by atoms with E-state index in [4.69, 9.17) is 16.3 Å². The van der Waals surface area contributed by atoms with E-state index < -0.39 is 21.9 Å². The molecule has 2 aromatic carbocycles. The molecule has 1 amide bonds. The number of esters is 1. The highest BCUT2D eigenvalue weighted by molar-refractivity contribution is 7.89. The molecule has 1 heterocycles. The Morgan fingerprint density at radius 1 is 1.03 bits per heavy atom. The number of hydrogen-bond donors (Lipinski definition) is 1. The fourth-order valence-electron chi connectivity index (χ4n) is 3.60. The van der Waals surface area contributed by atoms with Crippen molar-refractivity contribution in [3.05, 3.63) is 58.1 Å². The molecule has 7 nitrogen and oxygen atoms in total. The van der Waals surface area contributed by atoms with Crippen molar-refractivity contribution in [3.8, 4) is 0 Å². The molecule has 0 unspecified atom stereocenters. The Kier molecular flexibility index (Phi) is 7.92. The molecule has 9 heteroatoms. The van der Waals surface area contributed by atoms with Gasteiger partial charge < -0.3 is 10.1 Å². The molecule has 1 saturated heterocycles. The van der Waals surface area contributed by atoms with Crippen LogP contribution in [0, 0.1) is 6.92 Å². The molecular formula is C23H27ClN2O5S. The van der Waals surface area contributed by atoms with Gasteiger partial charge in [0.25, 0.3) is 5.91 Å². The van der Waals surface area contributed by atoms with E-state index in [1.165, 1.54) is 28.6 Å². The Morgan fingerprint density at radius 2 is 1.72 bits per heavy atom. The van der Waals surface area contributed by atoms with Gasteiger partial charge in [0, 0.05) is 24.3 Å². The molecule has 0 saturated carbocycles. The van der Waals surface area contributed by atoms with Crippen molar-refractivity contribution in [2.24, 2.45) is 0 Å². The number of hydrogen-bond acceptors (Lipinski definition) is 5. The smallest absolute Gasteiger partial charge is 0.339 e. The average molecular weight is 479 g/mol. The molecular weight excluding hydrogens is 452 g/mol. The summed E-state index contributed by atoms with van der Waals surface area (Å²) in [6.07, 6.45) is 3.69. The zero-order chi connectivity index (χ0) is 23.3. The molecule has 3 rings (SSSR count). The van der Waals surface area contributed by atoms with E-state index in [2.05, 4.69) is 5.32 Å². The molecule has 1 aliphatic rings. The Bertz CT molecular complexity index is 1110. The fourth-order valence-corrected chi connectivity index (χ4v) is 5.34. The number of sulfonamides is 1. The maximum atomic E-state index is 13.1. The summed E-state index contributed by atoms with van der Waals surface area (Å²) in [5.74, 6) is -1.07. The van der Waals surface area contributed by atoms with Crippen LogP contribution in [0.2, 0.25) is 5.02 Å². The molecule has 1 aliphatic heterocycles. The van der Waals surface area contributed by atoms with Gasteiger partial charge in [-0.15, -0.1) is 0 Å². The van der Waals surface area contributed by atoms with Gasteiger partial charge in [0.05, 0.1) is 22.1 Å². The molecule has 0 aliphatic carbocycles. The number of aryl methyl sites for hydroxylation is 1. The predicted molar refractivity (Wildman–Crippen MR) is 124 cm³/mol. The van der Waals surface area contributed by atoms with Gasteiger partial charge in [-0.05, 0) is 62.6 Å². The summed E-state index contributed by atoms with van der Waals surface area (Å²) in [5, 5.41) is 2.93. The lowest BCUT2D eigenvalue weighted by atomic mass is 10.1. The Labute approximate surface area is 193 Å². The van der Waals surface area contributed by atoms with Gasteiger partial charge in [-0.2, -0.15) is 4.31 Å². The number of nitrogens with zero attached hydrogens (tertiary/aromatic N) is 1. The number of carbonyl (C=O) groups is 2. The summed E-state index contributed by atoms with van der Waals surface area (Å²) in [5.41, 5.74) is 1.37. The van der Waals surface area contributed by atoms with Crippen molar-refractivity contribution >= 4 is 39.2 Å². The van der Waals surface area contributed by atoms with Crippen molar-refractivity contribution in [2.75, 3.05) is 25.0 Å². The monoisotopic (exact) mass is 478 g/mol. The van der Waals surface area contributed by atoms with Crippen LogP contribution in [0.1, 0.15) is 58.9 Å². The van der Waals surface area contributed by atoms with E-state index in [9.17, 15) is 18.0 Å². The minimum atomic E-state index is -3.69. The van der Waals surface area contributed by atoms with E-state index in [0.29, 0.717) is 24.3 Å². The highest BCUT2D eigenvalue weighted by Crippen LogP contribution is 2.25.